The number of nitrogens with one attached hydrogen (secondary N) is 2. The Hall–Kier alpha value is -2.16. The molecule has 0 unspecified atom stereocenters. The van der Waals surface area contributed by atoms with Crippen molar-refractivity contribution >= 4 is 27.7 Å². The molecule has 1 aliphatic heterocycles. The number of carbonyl (C=O) groups is 2. The van der Waals surface area contributed by atoms with E-state index in [9.17, 15) is 9.59 Å². The number of piperazine rings is 1. The van der Waals surface area contributed by atoms with Crippen LogP contribution in [-0.4, -0.2) is 61.4 Å². The van der Waals surface area contributed by atoms with Gasteiger partial charge in [0.1, 0.15) is 0 Å². The van der Waals surface area contributed by atoms with Gasteiger partial charge in [0.05, 0.1) is 6.54 Å². The van der Waals surface area contributed by atoms with Gasteiger partial charge in [0.25, 0.3) is 5.91 Å². The molecule has 1 fully saturated rings. The van der Waals surface area contributed by atoms with Gasteiger partial charge in [-0.1, -0.05) is 24.3 Å². The van der Waals surface area contributed by atoms with E-state index in [1.54, 1.807) is 12.1 Å². The average Bonchev–Trinajstić information content (AvgIpc) is 3.14. The van der Waals surface area contributed by atoms with Crippen molar-refractivity contribution in [3.63, 3.8) is 0 Å². The summed E-state index contributed by atoms with van der Waals surface area (Å²) < 4.78 is 5.62. The quantitative estimate of drug-likeness (QED) is 0.675. The molecule has 150 valence electrons. The molecular formula is C20H25BrN4O3. The maximum Gasteiger partial charge on any atom is 0.287 e. The second kappa shape index (κ2) is 9.86. The van der Waals surface area contributed by atoms with E-state index in [0.29, 0.717) is 11.2 Å². The Balaban J connectivity index is 1.38. The van der Waals surface area contributed by atoms with E-state index >= 15 is 0 Å². The van der Waals surface area contributed by atoms with Crippen LogP contribution in [0.4, 0.5) is 0 Å². The molecule has 1 aliphatic rings. The summed E-state index contributed by atoms with van der Waals surface area (Å²) in [6, 6.07) is 11.4. The number of halogens is 1. The Labute approximate surface area is 173 Å². The molecule has 0 bridgehead atoms. The lowest BCUT2D eigenvalue weighted by atomic mass is 10.1. The topological polar surface area (TPSA) is 77.8 Å². The predicted molar refractivity (Wildman–Crippen MR) is 110 cm³/mol. The van der Waals surface area contributed by atoms with Crippen molar-refractivity contribution in [3.8, 4) is 0 Å². The van der Waals surface area contributed by atoms with Gasteiger partial charge in [-0.05, 0) is 46.2 Å². The number of nitrogens with zero attached hydrogens (tertiary/aromatic N) is 2. The van der Waals surface area contributed by atoms with Crippen molar-refractivity contribution in [2.45, 2.75) is 13.1 Å². The third-order valence-electron chi connectivity index (χ3n) is 4.72. The molecule has 7 nitrogen and oxygen atoms in total. The smallest absolute Gasteiger partial charge is 0.287 e. The second-order valence-corrected chi connectivity index (χ2v) is 7.74. The summed E-state index contributed by atoms with van der Waals surface area (Å²) in [6.45, 7) is 5.68. The summed E-state index contributed by atoms with van der Waals surface area (Å²) in [5, 5.41) is 5.34. The summed E-state index contributed by atoms with van der Waals surface area (Å²) in [6.07, 6.45) is 0. The third kappa shape index (κ3) is 6.19. The van der Waals surface area contributed by atoms with Crippen molar-refractivity contribution in [1.82, 2.24) is 20.4 Å². The molecule has 0 saturated carbocycles. The molecule has 2 N–H and O–H groups in total. The van der Waals surface area contributed by atoms with Crippen molar-refractivity contribution in [2.75, 3.05) is 39.8 Å². The zero-order valence-corrected chi connectivity index (χ0v) is 17.5. The van der Waals surface area contributed by atoms with Crippen molar-refractivity contribution in [2.24, 2.45) is 0 Å². The van der Waals surface area contributed by atoms with E-state index in [1.807, 2.05) is 12.1 Å². The van der Waals surface area contributed by atoms with Crippen LogP contribution in [-0.2, 0) is 17.9 Å². The lowest BCUT2D eigenvalue weighted by Gasteiger charge is -2.32. The van der Waals surface area contributed by atoms with Crippen LogP contribution in [0.1, 0.15) is 21.7 Å². The summed E-state index contributed by atoms with van der Waals surface area (Å²) in [5.41, 5.74) is 2.30. The Morgan fingerprint density at radius 3 is 2.32 bits per heavy atom. The van der Waals surface area contributed by atoms with E-state index in [4.69, 9.17) is 4.42 Å². The fourth-order valence-corrected chi connectivity index (χ4v) is 3.28. The molecule has 8 heteroatoms. The highest BCUT2D eigenvalue weighted by molar-refractivity contribution is 9.10. The molecule has 1 aromatic carbocycles. The zero-order valence-electron chi connectivity index (χ0n) is 15.9. The lowest BCUT2D eigenvalue weighted by molar-refractivity contribution is -0.120. The van der Waals surface area contributed by atoms with E-state index in [2.05, 4.69) is 55.5 Å². The second-order valence-electron chi connectivity index (χ2n) is 6.96. The van der Waals surface area contributed by atoms with Gasteiger partial charge < -0.3 is 20.0 Å². The molecule has 0 aliphatic carbocycles. The highest BCUT2D eigenvalue weighted by Gasteiger charge is 2.14. The number of likely N-dealkylation sites (N-methyl/N-ethyl adjacent to an activating group) is 1. The van der Waals surface area contributed by atoms with E-state index in [1.165, 1.54) is 5.56 Å². The highest BCUT2D eigenvalue weighted by Crippen LogP contribution is 2.13. The molecular weight excluding hydrogens is 424 g/mol. The summed E-state index contributed by atoms with van der Waals surface area (Å²) in [5.74, 6) is -0.509. The predicted octanol–water partition coefficient (Wildman–Crippen LogP) is 1.84. The van der Waals surface area contributed by atoms with Crippen molar-refractivity contribution in [1.29, 1.82) is 0 Å². The van der Waals surface area contributed by atoms with Gasteiger partial charge in [-0.25, -0.2) is 0 Å². The fourth-order valence-electron chi connectivity index (χ4n) is 2.97. The number of hydrogen-bond acceptors (Lipinski definition) is 5. The first-order valence-electron chi connectivity index (χ1n) is 9.28. The Kier molecular flexibility index (Phi) is 7.24. The van der Waals surface area contributed by atoms with Crippen molar-refractivity contribution < 1.29 is 14.0 Å². The number of carbonyl (C=O) groups excluding carboxylic acids is 2. The highest BCUT2D eigenvalue weighted by atomic mass is 79.9. The van der Waals surface area contributed by atoms with E-state index < -0.39 is 5.91 Å². The monoisotopic (exact) mass is 448 g/mol. The number of furan rings is 1. The summed E-state index contributed by atoms with van der Waals surface area (Å²) >= 11 is 3.14. The van der Waals surface area contributed by atoms with Crippen LogP contribution in [0, 0.1) is 0 Å². The standard InChI is InChI=1S/C20H25BrN4O3/c1-24-8-10-25(11-9-24)14-16-4-2-15(3-5-16)12-22-19(26)13-23-20(27)17-6-7-18(21)28-17/h2-7H,8-14H2,1H3,(H,22,26)(H,23,27). The summed E-state index contributed by atoms with van der Waals surface area (Å²) in [7, 11) is 2.15. The molecule has 0 spiro atoms. The minimum atomic E-state index is -0.422. The van der Waals surface area contributed by atoms with Crippen LogP contribution in [0.3, 0.4) is 0 Å². The Bertz CT molecular complexity index is 798. The van der Waals surface area contributed by atoms with Gasteiger partial charge in [0.15, 0.2) is 10.4 Å². The van der Waals surface area contributed by atoms with Crippen LogP contribution in [0.25, 0.3) is 0 Å². The third-order valence-corrected chi connectivity index (χ3v) is 5.15. The molecule has 0 radical (unpaired) electrons. The van der Waals surface area contributed by atoms with E-state index in [0.717, 1.165) is 38.3 Å². The maximum absolute atomic E-state index is 11.9. The first-order valence-corrected chi connectivity index (χ1v) is 10.1. The summed E-state index contributed by atoms with van der Waals surface area (Å²) in [4.78, 5) is 28.6. The SMILES string of the molecule is CN1CCN(Cc2ccc(CNC(=O)CNC(=O)c3ccc(Br)o3)cc2)CC1. The number of rotatable bonds is 7. The number of benzene rings is 1. The first-order chi connectivity index (χ1) is 13.5. The zero-order chi connectivity index (χ0) is 19.9. The number of amides is 2. The Morgan fingerprint density at radius 2 is 1.68 bits per heavy atom. The fraction of sp³-hybridized carbons (Fsp3) is 0.400. The molecule has 3 rings (SSSR count). The van der Waals surface area contributed by atoms with Gasteiger partial charge in [-0.2, -0.15) is 0 Å². The molecule has 28 heavy (non-hydrogen) atoms. The van der Waals surface area contributed by atoms with Crippen LogP contribution < -0.4 is 10.6 Å². The molecule has 0 atom stereocenters. The molecule has 1 saturated heterocycles. The van der Waals surface area contributed by atoms with Gasteiger partial charge in [0.2, 0.25) is 5.91 Å². The van der Waals surface area contributed by atoms with Crippen LogP contribution in [0.2, 0.25) is 0 Å². The first kappa shape index (κ1) is 20.6. The minimum absolute atomic E-state index is 0.0986. The largest absolute Gasteiger partial charge is 0.444 e. The van der Waals surface area contributed by atoms with Crippen molar-refractivity contribution in [3.05, 3.63) is 58.0 Å². The van der Waals surface area contributed by atoms with Gasteiger partial charge in [0, 0.05) is 39.3 Å². The van der Waals surface area contributed by atoms with Crippen LogP contribution in [0.15, 0.2) is 45.5 Å². The van der Waals surface area contributed by atoms with E-state index in [-0.39, 0.29) is 18.2 Å². The van der Waals surface area contributed by atoms with Gasteiger partial charge in [-0.3, -0.25) is 14.5 Å². The number of hydrogen-bond donors (Lipinski definition) is 2. The molecule has 2 aromatic rings. The minimum Gasteiger partial charge on any atom is -0.444 e. The van der Waals surface area contributed by atoms with Gasteiger partial charge >= 0.3 is 0 Å². The molecule has 2 amide bonds. The lowest BCUT2D eigenvalue weighted by Crippen LogP contribution is -2.43. The average molecular weight is 449 g/mol. The maximum atomic E-state index is 11.9. The molecule has 1 aromatic heterocycles. The normalized spacial score (nSPS) is 15.4. The Morgan fingerprint density at radius 1 is 1.00 bits per heavy atom. The van der Waals surface area contributed by atoms with Crippen LogP contribution in [0.5, 0.6) is 0 Å². The van der Waals surface area contributed by atoms with Gasteiger partial charge in [-0.15, -0.1) is 0 Å². The molecule has 2 heterocycles. The van der Waals surface area contributed by atoms with Crippen LogP contribution >= 0.6 is 15.9 Å².